The third-order valence-corrected chi connectivity index (χ3v) is 3.87. The SMILES string of the molecule is CC(C)(C)C1CN(C(=O)c2cccc3nncn23)CCO1. The van der Waals surface area contributed by atoms with Crippen molar-refractivity contribution in [3.8, 4) is 0 Å². The van der Waals surface area contributed by atoms with Gasteiger partial charge in [-0.25, -0.2) is 0 Å². The molecule has 6 heteroatoms. The van der Waals surface area contributed by atoms with Gasteiger partial charge in [-0.05, 0) is 17.5 Å². The lowest BCUT2D eigenvalue weighted by molar-refractivity contribution is -0.0707. The van der Waals surface area contributed by atoms with E-state index >= 15 is 0 Å². The first-order chi connectivity index (χ1) is 9.97. The van der Waals surface area contributed by atoms with E-state index in [9.17, 15) is 4.79 Å². The maximum absolute atomic E-state index is 12.8. The van der Waals surface area contributed by atoms with Crippen LogP contribution in [0.5, 0.6) is 0 Å². The minimum atomic E-state index is -0.00190. The Bertz CT molecular complexity index is 659. The van der Waals surface area contributed by atoms with Gasteiger partial charge in [0.1, 0.15) is 12.0 Å². The van der Waals surface area contributed by atoms with Crippen molar-refractivity contribution in [3.05, 3.63) is 30.2 Å². The number of hydrogen-bond acceptors (Lipinski definition) is 4. The lowest BCUT2D eigenvalue weighted by Gasteiger charge is -2.39. The molecule has 0 radical (unpaired) electrons. The Morgan fingerprint density at radius 3 is 2.95 bits per heavy atom. The largest absolute Gasteiger partial charge is 0.374 e. The van der Waals surface area contributed by atoms with Crippen LogP contribution in [0.3, 0.4) is 0 Å². The molecule has 1 fully saturated rings. The van der Waals surface area contributed by atoms with E-state index in [0.29, 0.717) is 31.0 Å². The van der Waals surface area contributed by atoms with Crippen molar-refractivity contribution in [2.75, 3.05) is 19.7 Å². The Kier molecular flexibility index (Phi) is 3.41. The summed E-state index contributed by atoms with van der Waals surface area (Å²) in [6.07, 6.45) is 1.62. The minimum Gasteiger partial charge on any atom is -0.374 e. The summed E-state index contributed by atoms with van der Waals surface area (Å²) in [6, 6.07) is 5.47. The lowest BCUT2D eigenvalue weighted by atomic mass is 9.88. The highest BCUT2D eigenvalue weighted by atomic mass is 16.5. The average molecular weight is 288 g/mol. The highest BCUT2D eigenvalue weighted by Crippen LogP contribution is 2.26. The van der Waals surface area contributed by atoms with Gasteiger partial charge < -0.3 is 9.64 Å². The Morgan fingerprint density at radius 2 is 2.19 bits per heavy atom. The molecule has 21 heavy (non-hydrogen) atoms. The number of nitrogens with zero attached hydrogens (tertiary/aromatic N) is 4. The van der Waals surface area contributed by atoms with E-state index in [2.05, 4.69) is 31.0 Å². The number of pyridine rings is 1. The molecule has 1 unspecified atom stereocenters. The summed E-state index contributed by atoms with van der Waals surface area (Å²) in [6.45, 7) is 8.20. The van der Waals surface area contributed by atoms with E-state index in [4.69, 9.17) is 4.74 Å². The van der Waals surface area contributed by atoms with E-state index in [1.165, 1.54) is 0 Å². The summed E-state index contributed by atoms with van der Waals surface area (Å²) in [7, 11) is 0. The summed E-state index contributed by atoms with van der Waals surface area (Å²) in [5, 5.41) is 7.84. The average Bonchev–Trinajstić information content (AvgIpc) is 2.94. The molecule has 3 heterocycles. The number of hydrogen-bond donors (Lipinski definition) is 0. The normalized spacial score (nSPS) is 20.0. The van der Waals surface area contributed by atoms with Crippen LogP contribution in [0.25, 0.3) is 5.65 Å². The van der Waals surface area contributed by atoms with Gasteiger partial charge in [-0.2, -0.15) is 0 Å². The number of rotatable bonds is 1. The molecule has 0 aliphatic carbocycles. The van der Waals surface area contributed by atoms with Gasteiger partial charge in [-0.3, -0.25) is 9.20 Å². The van der Waals surface area contributed by atoms with Crippen LogP contribution in [0.15, 0.2) is 24.5 Å². The van der Waals surface area contributed by atoms with Crippen LogP contribution in [0.4, 0.5) is 0 Å². The monoisotopic (exact) mass is 288 g/mol. The van der Waals surface area contributed by atoms with Crippen molar-refractivity contribution >= 4 is 11.6 Å². The molecule has 112 valence electrons. The fourth-order valence-electron chi connectivity index (χ4n) is 2.54. The number of fused-ring (bicyclic) bond motifs is 1. The van der Waals surface area contributed by atoms with Crippen molar-refractivity contribution in [1.29, 1.82) is 0 Å². The predicted octanol–water partition coefficient (Wildman–Crippen LogP) is 1.62. The molecule has 1 aliphatic rings. The molecule has 0 bridgehead atoms. The zero-order valence-electron chi connectivity index (χ0n) is 12.6. The fraction of sp³-hybridized carbons (Fsp3) is 0.533. The second kappa shape index (κ2) is 5.11. The van der Waals surface area contributed by atoms with Crippen LogP contribution in [-0.4, -0.2) is 51.2 Å². The van der Waals surface area contributed by atoms with Crippen molar-refractivity contribution in [2.24, 2.45) is 5.41 Å². The smallest absolute Gasteiger partial charge is 0.271 e. The van der Waals surface area contributed by atoms with Gasteiger partial charge in [-0.15, -0.1) is 10.2 Å². The van der Waals surface area contributed by atoms with E-state index in [1.807, 2.05) is 17.0 Å². The van der Waals surface area contributed by atoms with Crippen molar-refractivity contribution < 1.29 is 9.53 Å². The number of amides is 1. The molecular formula is C15H20N4O2. The standard InChI is InChI=1S/C15H20N4O2/c1-15(2,3)12-9-18(7-8-21-12)14(20)11-5-4-6-13-17-16-10-19(11)13/h4-6,10,12H,7-9H2,1-3H3. The van der Waals surface area contributed by atoms with Crippen LogP contribution in [0.2, 0.25) is 0 Å². The van der Waals surface area contributed by atoms with E-state index in [1.54, 1.807) is 16.8 Å². The Morgan fingerprint density at radius 1 is 1.38 bits per heavy atom. The van der Waals surface area contributed by atoms with Gasteiger partial charge >= 0.3 is 0 Å². The quantitative estimate of drug-likeness (QED) is 0.800. The van der Waals surface area contributed by atoms with Crippen LogP contribution < -0.4 is 0 Å². The first-order valence-electron chi connectivity index (χ1n) is 7.16. The van der Waals surface area contributed by atoms with Gasteiger partial charge in [0.05, 0.1) is 12.7 Å². The summed E-state index contributed by atoms with van der Waals surface area (Å²) < 4.78 is 7.53. The molecule has 1 atom stereocenters. The third kappa shape index (κ3) is 2.63. The second-order valence-electron chi connectivity index (χ2n) is 6.45. The van der Waals surface area contributed by atoms with Crippen LogP contribution in [-0.2, 0) is 4.74 Å². The second-order valence-corrected chi connectivity index (χ2v) is 6.45. The molecule has 1 aliphatic heterocycles. The van der Waals surface area contributed by atoms with Crippen molar-refractivity contribution in [2.45, 2.75) is 26.9 Å². The van der Waals surface area contributed by atoms with E-state index in [0.717, 1.165) is 0 Å². The topological polar surface area (TPSA) is 59.7 Å². The Hall–Kier alpha value is -1.95. The highest BCUT2D eigenvalue weighted by Gasteiger charge is 2.33. The lowest BCUT2D eigenvalue weighted by Crippen LogP contribution is -2.50. The molecule has 2 aromatic heterocycles. The summed E-state index contributed by atoms with van der Waals surface area (Å²) in [5.41, 5.74) is 1.29. The summed E-state index contributed by atoms with van der Waals surface area (Å²) in [4.78, 5) is 14.6. The molecule has 0 N–H and O–H groups in total. The Labute approximate surface area is 123 Å². The maximum atomic E-state index is 12.8. The van der Waals surface area contributed by atoms with Gasteiger partial charge in [-0.1, -0.05) is 26.8 Å². The van der Waals surface area contributed by atoms with Gasteiger partial charge in [0.2, 0.25) is 0 Å². The number of carbonyl (C=O) groups is 1. The van der Waals surface area contributed by atoms with Gasteiger partial charge in [0, 0.05) is 13.1 Å². The number of morpholine rings is 1. The van der Waals surface area contributed by atoms with Crippen LogP contribution in [0, 0.1) is 5.41 Å². The zero-order valence-corrected chi connectivity index (χ0v) is 12.6. The van der Waals surface area contributed by atoms with Crippen molar-refractivity contribution in [1.82, 2.24) is 19.5 Å². The third-order valence-electron chi connectivity index (χ3n) is 3.87. The Balaban J connectivity index is 1.86. The number of carbonyl (C=O) groups excluding carboxylic acids is 1. The van der Waals surface area contributed by atoms with E-state index < -0.39 is 0 Å². The highest BCUT2D eigenvalue weighted by molar-refractivity contribution is 5.93. The molecule has 1 saturated heterocycles. The molecule has 2 aromatic rings. The summed E-state index contributed by atoms with van der Waals surface area (Å²) >= 11 is 0. The predicted molar refractivity (Wildman–Crippen MR) is 78.1 cm³/mol. The van der Waals surface area contributed by atoms with Gasteiger partial charge in [0.15, 0.2) is 5.65 Å². The minimum absolute atomic E-state index is 0.00190. The van der Waals surface area contributed by atoms with Crippen molar-refractivity contribution in [3.63, 3.8) is 0 Å². The molecule has 0 aromatic carbocycles. The van der Waals surface area contributed by atoms with E-state index in [-0.39, 0.29) is 17.4 Å². The van der Waals surface area contributed by atoms with Crippen LogP contribution >= 0.6 is 0 Å². The number of ether oxygens (including phenoxy) is 1. The zero-order chi connectivity index (χ0) is 15.0. The molecule has 1 amide bonds. The van der Waals surface area contributed by atoms with Gasteiger partial charge in [0.25, 0.3) is 5.91 Å². The molecule has 0 spiro atoms. The first kappa shape index (κ1) is 14.0. The number of aromatic nitrogens is 3. The van der Waals surface area contributed by atoms with Crippen LogP contribution in [0.1, 0.15) is 31.3 Å². The maximum Gasteiger partial charge on any atom is 0.271 e. The molecular weight excluding hydrogens is 268 g/mol. The first-order valence-corrected chi connectivity index (χ1v) is 7.16. The molecule has 0 saturated carbocycles. The fourth-order valence-corrected chi connectivity index (χ4v) is 2.54. The molecule has 3 rings (SSSR count). The molecule has 6 nitrogen and oxygen atoms in total. The summed E-state index contributed by atoms with van der Waals surface area (Å²) in [5.74, 6) is -0.00190.